The van der Waals surface area contributed by atoms with Crippen molar-refractivity contribution in [2.75, 3.05) is 0 Å². The van der Waals surface area contributed by atoms with Crippen molar-refractivity contribution in [3.8, 4) is 0 Å². The molecule has 0 amide bonds. The molecular formula is C5HF11O. The van der Waals surface area contributed by atoms with Crippen LogP contribution in [0.15, 0.2) is 0 Å². The van der Waals surface area contributed by atoms with Crippen LogP contribution < -0.4 is 0 Å². The summed E-state index contributed by atoms with van der Waals surface area (Å²) in [7, 11) is 0. The molecule has 17 heavy (non-hydrogen) atoms. The highest BCUT2D eigenvalue weighted by Crippen LogP contribution is 2.48. The van der Waals surface area contributed by atoms with E-state index in [1.165, 1.54) is 0 Å². The number of rotatable bonds is 3. The fourth-order valence-corrected chi connectivity index (χ4v) is 0.436. The number of hydrogen-bond acceptors (Lipinski definition) is 1. The summed E-state index contributed by atoms with van der Waals surface area (Å²) in [6, 6.07) is 0. The van der Waals surface area contributed by atoms with E-state index in [9.17, 15) is 48.3 Å². The van der Waals surface area contributed by atoms with Crippen LogP contribution in [-0.2, 0) is 4.74 Å². The average Bonchev–Trinajstić information content (AvgIpc) is 1.98. The number of ether oxygens (including phenoxy) is 1. The smallest absolute Gasteiger partial charge is 0.272 e. The molecule has 0 fully saturated rings. The van der Waals surface area contributed by atoms with Crippen molar-refractivity contribution in [2.24, 2.45) is 0 Å². The molecule has 0 bridgehead atoms. The largest absolute Gasteiger partial charge is 0.462 e. The van der Waals surface area contributed by atoms with Crippen LogP contribution in [0.2, 0.25) is 0 Å². The Morgan fingerprint density at radius 3 is 1.29 bits per heavy atom. The minimum atomic E-state index is -6.96. The molecule has 0 spiro atoms. The first-order valence-electron chi connectivity index (χ1n) is 3.34. The molecule has 104 valence electrons. The van der Waals surface area contributed by atoms with Crippen LogP contribution in [0.5, 0.6) is 0 Å². The lowest BCUT2D eigenvalue weighted by atomic mass is 10.3. The van der Waals surface area contributed by atoms with Gasteiger partial charge in [-0.3, -0.25) is 4.74 Å². The summed E-state index contributed by atoms with van der Waals surface area (Å²) in [5.74, 6) is -6.96. The van der Waals surface area contributed by atoms with Crippen molar-refractivity contribution in [1.29, 1.82) is 0 Å². The molecule has 0 aliphatic heterocycles. The third-order valence-corrected chi connectivity index (χ3v) is 1.23. The molecule has 0 heterocycles. The van der Waals surface area contributed by atoms with Gasteiger partial charge in [0.25, 0.3) is 6.36 Å². The molecule has 0 radical (unpaired) electrons. The van der Waals surface area contributed by atoms with Gasteiger partial charge in [0, 0.05) is 0 Å². The highest BCUT2D eigenvalue weighted by atomic mass is 19.4. The maximum absolute atomic E-state index is 12.0. The van der Waals surface area contributed by atoms with E-state index in [2.05, 4.69) is 0 Å². The second-order valence-electron chi connectivity index (χ2n) is 2.56. The van der Waals surface area contributed by atoms with Crippen molar-refractivity contribution in [3.05, 3.63) is 0 Å². The topological polar surface area (TPSA) is 9.23 Å². The monoisotopic (exact) mass is 286 g/mol. The predicted molar refractivity (Wildman–Crippen MR) is 28.0 cm³/mol. The number of halogens is 11. The van der Waals surface area contributed by atoms with Gasteiger partial charge in [-0.25, -0.2) is 4.39 Å². The Hall–Kier alpha value is -0.810. The second-order valence-corrected chi connectivity index (χ2v) is 2.56. The first-order valence-corrected chi connectivity index (χ1v) is 3.34. The standard InChI is InChI=1S/C5HF11O/c6-1(2(7,8)9)17-5(15,16)3(10,11)4(12,13)14/h1H. The summed E-state index contributed by atoms with van der Waals surface area (Å²) < 4.78 is 130. The average molecular weight is 286 g/mol. The first-order chi connectivity index (χ1) is 7.13. The molecule has 1 unspecified atom stereocenters. The molecule has 0 aromatic heterocycles. The van der Waals surface area contributed by atoms with Gasteiger partial charge in [-0.05, 0) is 0 Å². The van der Waals surface area contributed by atoms with Crippen LogP contribution in [-0.4, -0.2) is 30.7 Å². The van der Waals surface area contributed by atoms with Gasteiger partial charge >= 0.3 is 24.4 Å². The minimum absolute atomic E-state index is 1.80. The Labute approximate surface area is 85.1 Å². The highest BCUT2D eigenvalue weighted by Gasteiger charge is 2.76. The van der Waals surface area contributed by atoms with Crippen LogP contribution in [0.25, 0.3) is 0 Å². The lowest BCUT2D eigenvalue weighted by molar-refractivity contribution is -0.457. The SMILES string of the molecule is FC(OC(F)(F)C(F)(F)C(F)(F)F)C(F)(F)F. The van der Waals surface area contributed by atoms with E-state index >= 15 is 0 Å². The molecule has 0 aliphatic rings. The van der Waals surface area contributed by atoms with E-state index in [1.54, 1.807) is 4.74 Å². The summed E-state index contributed by atoms with van der Waals surface area (Å²) in [5.41, 5.74) is 0. The maximum atomic E-state index is 12.0. The zero-order valence-corrected chi connectivity index (χ0v) is 7.14. The zero-order chi connectivity index (χ0) is 14.3. The van der Waals surface area contributed by atoms with Gasteiger partial charge in [-0.15, -0.1) is 0 Å². The van der Waals surface area contributed by atoms with Crippen LogP contribution in [0.3, 0.4) is 0 Å². The predicted octanol–water partition coefficient (Wildman–Crippen LogP) is 3.65. The fraction of sp³-hybridized carbons (Fsp3) is 1.00. The minimum Gasteiger partial charge on any atom is -0.272 e. The number of hydrogen-bond donors (Lipinski definition) is 0. The van der Waals surface area contributed by atoms with Gasteiger partial charge in [-0.1, -0.05) is 0 Å². The van der Waals surface area contributed by atoms with E-state index < -0.39 is 30.7 Å². The van der Waals surface area contributed by atoms with Gasteiger partial charge in [0.05, 0.1) is 0 Å². The molecule has 0 rings (SSSR count). The Kier molecular flexibility index (Phi) is 3.94. The van der Waals surface area contributed by atoms with Crippen LogP contribution in [0, 0.1) is 0 Å². The molecule has 12 heteroatoms. The van der Waals surface area contributed by atoms with Crippen molar-refractivity contribution in [1.82, 2.24) is 0 Å². The Morgan fingerprint density at radius 2 is 1.06 bits per heavy atom. The van der Waals surface area contributed by atoms with Crippen LogP contribution >= 0.6 is 0 Å². The molecule has 0 saturated carbocycles. The first kappa shape index (κ1) is 16.2. The fourth-order valence-electron chi connectivity index (χ4n) is 0.436. The van der Waals surface area contributed by atoms with Gasteiger partial charge in [0.1, 0.15) is 0 Å². The summed E-state index contributed by atoms with van der Waals surface area (Å²) >= 11 is 0. The molecule has 0 aromatic carbocycles. The quantitative estimate of drug-likeness (QED) is 0.719. The zero-order valence-electron chi connectivity index (χ0n) is 7.14. The molecule has 0 aliphatic carbocycles. The lowest BCUT2D eigenvalue weighted by Gasteiger charge is -2.28. The lowest BCUT2D eigenvalue weighted by Crippen LogP contribution is -2.55. The third-order valence-electron chi connectivity index (χ3n) is 1.23. The van der Waals surface area contributed by atoms with Crippen molar-refractivity contribution in [2.45, 2.75) is 30.7 Å². The Bertz CT molecular complexity index is 262. The van der Waals surface area contributed by atoms with E-state index in [0.29, 0.717) is 0 Å². The van der Waals surface area contributed by atoms with Crippen molar-refractivity contribution < 1.29 is 53.0 Å². The van der Waals surface area contributed by atoms with E-state index in [1.807, 2.05) is 0 Å². The summed E-state index contributed by atoms with van der Waals surface area (Å²) in [6.07, 6.45) is -24.7. The highest BCUT2D eigenvalue weighted by molar-refractivity contribution is 4.85. The van der Waals surface area contributed by atoms with Gasteiger partial charge in [0.2, 0.25) is 0 Å². The summed E-state index contributed by atoms with van der Waals surface area (Å²) in [5, 5.41) is 0. The maximum Gasteiger partial charge on any atom is 0.462 e. The van der Waals surface area contributed by atoms with Gasteiger partial charge in [0.15, 0.2) is 0 Å². The normalized spacial score (nSPS) is 17.1. The molecule has 0 aromatic rings. The van der Waals surface area contributed by atoms with Crippen LogP contribution in [0.4, 0.5) is 48.3 Å². The Balaban J connectivity index is 5.04. The van der Waals surface area contributed by atoms with Gasteiger partial charge in [-0.2, -0.15) is 43.9 Å². The van der Waals surface area contributed by atoms with Crippen LogP contribution in [0.1, 0.15) is 0 Å². The molecule has 0 saturated heterocycles. The second kappa shape index (κ2) is 4.14. The summed E-state index contributed by atoms with van der Waals surface area (Å²) in [4.78, 5) is 0. The van der Waals surface area contributed by atoms with E-state index in [4.69, 9.17) is 0 Å². The van der Waals surface area contributed by atoms with E-state index in [-0.39, 0.29) is 0 Å². The van der Waals surface area contributed by atoms with E-state index in [0.717, 1.165) is 0 Å². The number of alkyl halides is 11. The summed E-state index contributed by atoms with van der Waals surface area (Å²) in [6.45, 7) is 0. The molecule has 1 nitrogen and oxygen atoms in total. The Morgan fingerprint density at radius 1 is 0.706 bits per heavy atom. The molecular weight excluding hydrogens is 285 g/mol. The third kappa shape index (κ3) is 3.33. The van der Waals surface area contributed by atoms with Crippen molar-refractivity contribution >= 4 is 0 Å². The molecule has 1 atom stereocenters. The molecule has 0 N–H and O–H groups in total. The van der Waals surface area contributed by atoms with Gasteiger partial charge < -0.3 is 0 Å². The van der Waals surface area contributed by atoms with Crippen molar-refractivity contribution in [3.63, 3.8) is 0 Å².